The van der Waals surface area contributed by atoms with E-state index in [4.69, 9.17) is 15.6 Å². The van der Waals surface area contributed by atoms with Crippen LogP contribution in [0.15, 0.2) is 0 Å². The summed E-state index contributed by atoms with van der Waals surface area (Å²) in [5.74, 6) is 0. The molecule has 1 heterocycles. The lowest BCUT2D eigenvalue weighted by molar-refractivity contribution is 0.00680. The molecule has 0 radical (unpaired) electrons. The van der Waals surface area contributed by atoms with Crippen LogP contribution in [-0.4, -0.2) is 48.4 Å². The Morgan fingerprint density at radius 1 is 1.69 bits per heavy atom. The van der Waals surface area contributed by atoms with Crippen molar-refractivity contribution in [3.8, 4) is 0 Å². The maximum absolute atomic E-state index is 10.6. The molecule has 0 aromatic carbocycles. The van der Waals surface area contributed by atoms with Gasteiger partial charge in [0.05, 0.1) is 19.3 Å². The lowest BCUT2D eigenvalue weighted by atomic mass is 10.1. The molecule has 1 fully saturated rings. The van der Waals surface area contributed by atoms with Crippen LogP contribution in [0.4, 0.5) is 4.79 Å². The number of piperidine rings is 1. The zero-order valence-electron chi connectivity index (χ0n) is 7.61. The number of amides is 1. The Morgan fingerprint density at radius 2 is 2.46 bits per heavy atom. The van der Waals surface area contributed by atoms with Crippen molar-refractivity contribution in [1.82, 2.24) is 4.90 Å². The van der Waals surface area contributed by atoms with Gasteiger partial charge < -0.3 is 20.5 Å². The number of carbonyl (C=O) groups is 1. The highest BCUT2D eigenvalue weighted by Gasteiger charge is 2.23. The molecule has 0 unspecified atom stereocenters. The first-order valence-corrected chi connectivity index (χ1v) is 4.53. The summed E-state index contributed by atoms with van der Waals surface area (Å²) in [6.07, 6.45) is 0.986. The van der Waals surface area contributed by atoms with Gasteiger partial charge in [-0.25, -0.2) is 4.79 Å². The van der Waals surface area contributed by atoms with E-state index >= 15 is 0 Å². The zero-order chi connectivity index (χ0) is 9.68. The fraction of sp³-hybridized carbons (Fsp3) is 0.875. The van der Waals surface area contributed by atoms with Gasteiger partial charge in [-0.2, -0.15) is 0 Å². The van der Waals surface area contributed by atoms with E-state index in [0.29, 0.717) is 26.2 Å². The lowest BCUT2D eigenvalue weighted by Crippen LogP contribution is -2.42. The standard InChI is InChI=1S/C8H16N2O3/c9-3-5-13-7-2-1-4-10(6-7)8(11)12/h7H,1-6,9H2,(H,11,12)/t7-/m0/s1. The molecule has 1 rings (SSSR count). The largest absolute Gasteiger partial charge is 0.465 e. The molecule has 5 nitrogen and oxygen atoms in total. The van der Waals surface area contributed by atoms with Gasteiger partial charge in [0, 0.05) is 13.1 Å². The van der Waals surface area contributed by atoms with E-state index in [9.17, 15) is 4.79 Å². The molecule has 0 aromatic heterocycles. The second kappa shape index (κ2) is 5.04. The first-order valence-electron chi connectivity index (χ1n) is 4.53. The predicted octanol–water partition coefficient (Wildman–Crippen LogP) is 0.104. The highest BCUT2D eigenvalue weighted by atomic mass is 16.5. The SMILES string of the molecule is NCCO[C@H]1CCCN(C(=O)O)C1. The topological polar surface area (TPSA) is 75.8 Å². The number of likely N-dealkylation sites (tertiary alicyclic amines) is 1. The van der Waals surface area contributed by atoms with E-state index in [-0.39, 0.29) is 6.10 Å². The molecule has 13 heavy (non-hydrogen) atoms. The van der Waals surface area contributed by atoms with Crippen LogP contribution in [0.25, 0.3) is 0 Å². The van der Waals surface area contributed by atoms with E-state index in [0.717, 1.165) is 12.8 Å². The van der Waals surface area contributed by atoms with Crippen molar-refractivity contribution in [2.24, 2.45) is 5.73 Å². The summed E-state index contributed by atoms with van der Waals surface area (Å²) >= 11 is 0. The third kappa shape index (κ3) is 3.20. The van der Waals surface area contributed by atoms with Gasteiger partial charge in [0.15, 0.2) is 0 Å². The van der Waals surface area contributed by atoms with Crippen LogP contribution in [0.1, 0.15) is 12.8 Å². The Hall–Kier alpha value is -0.810. The van der Waals surface area contributed by atoms with Gasteiger partial charge in [0.1, 0.15) is 0 Å². The number of ether oxygens (including phenoxy) is 1. The van der Waals surface area contributed by atoms with Crippen LogP contribution in [0.3, 0.4) is 0 Å². The number of hydrogen-bond acceptors (Lipinski definition) is 3. The van der Waals surface area contributed by atoms with E-state index in [1.54, 1.807) is 0 Å². The van der Waals surface area contributed by atoms with Crippen LogP contribution in [-0.2, 0) is 4.74 Å². The molecule has 1 saturated heterocycles. The van der Waals surface area contributed by atoms with Gasteiger partial charge >= 0.3 is 6.09 Å². The first kappa shape index (κ1) is 10.3. The summed E-state index contributed by atoms with van der Waals surface area (Å²) in [5, 5.41) is 8.73. The summed E-state index contributed by atoms with van der Waals surface area (Å²) in [7, 11) is 0. The molecule has 1 aliphatic rings. The molecule has 0 aliphatic carbocycles. The molecule has 0 saturated carbocycles. The maximum Gasteiger partial charge on any atom is 0.407 e. The smallest absolute Gasteiger partial charge is 0.407 e. The summed E-state index contributed by atoms with van der Waals surface area (Å²) in [6.45, 7) is 2.11. The fourth-order valence-corrected chi connectivity index (χ4v) is 1.48. The van der Waals surface area contributed by atoms with Crippen molar-refractivity contribution in [1.29, 1.82) is 0 Å². The van der Waals surface area contributed by atoms with Crippen molar-refractivity contribution in [3.63, 3.8) is 0 Å². The van der Waals surface area contributed by atoms with Crippen LogP contribution >= 0.6 is 0 Å². The molecule has 76 valence electrons. The van der Waals surface area contributed by atoms with Gasteiger partial charge in [-0.3, -0.25) is 0 Å². The normalized spacial score (nSPS) is 23.2. The minimum atomic E-state index is -0.860. The minimum absolute atomic E-state index is 0.0356. The van der Waals surface area contributed by atoms with E-state index in [1.807, 2.05) is 0 Å². The van der Waals surface area contributed by atoms with Crippen molar-refractivity contribution >= 4 is 6.09 Å². The Balaban J connectivity index is 2.29. The Labute approximate surface area is 77.5 Å². The summed E-state index contributed by atoms with van der Waals surface area (Å²) in [6, 6.07) is 0. The Kier molecular flexibility index (Phi) is 3.98. The summed E-state index contributed by atoms with van der Waals surface area (Å²) < 4.78 is 5.38. The summed E-state index contributed by atoms with van der Waals surface area (Å²) in [5.41, 5.74) is 5.29. The molecule has 3 N–H and O–H groups in total. The highest BCUT2D eigenvalue weighted by Crippen LogP contribution is 2.12. The molecule has 1 atom stereocenters. The molecular weight excluding hydrogens is 172 g/mol. The predicted molar refractivity (Wildman–Crippen MR) is 47.6 cm³/mol. The molecule has 5 heteroatoms. The third-order valence-electron chi connectivity index (χ3n) is 2.12. The van der Waals surface area contributed by atoms with Crippen molar-refractivity contribution in [2.75, 3.05) is 26.2 Å². The molecule has 1 amide bonds. The molecule has 0 bridgehead atoms. The summed E-state index contributed by atoms with van der Waals surface area (Å²) in [4.78, 5) is 12.0. The van der Waals surface area contributed by atoms with E-state index in [1.165, 1.54) is 4.90 Å². The van der Waals surface area contributed by atoms with E-state index in [2.05, 4.69) is 0 Å². The zero-order valence-corrected chi connectivity index (χ0v) is 7.61. The van der Waals surface area contributed by atoms with Crippen molar-refractivity contribution in [2.45, 2.75) is 18.9 Å². The highest BCUT2D eigenvalue weighted by molar-refractivity contribution is 5.65. The molecule has 0 aromatic rings. The fourth-order valence-electron chi connectivity index (χ4n) is 1.48. The molecular formula is C8H16N2O3. The molecule has 1 aliphatic heterocycles. The van der Waals surface area contributed by atoms with Gasteiger partial charge in [0.2, 0.25) is 0 Å². The van der Waals surface area contributed by atoms with Crippen LogP contribution in [0.2, 0.25) is 0 Å². The second-order valence-corrected chi connectivity index (χ2v) is 3.15. The quantitative estimate of drug-likeness (QED) is 0.658. The number of nitrogens with zero attached hydrogens (tertiary/aromatic N) is 1. The average molecular weight is 188 g/mol. The van der Waals surface area contributed by atoms with Crippen LogP contribution < -0.4 is 5.73 Å². The second-order valence-electron chi connectivity index (χ2n) is 3.15. The first-order chi connectivity index (χ1) is 6.24. The number of carboxylic acid groups (broad SMARTS) is 1. The van der Waals surface area contributed by atoms with Crippen molar-refractivity contribution in [3.05, 3.63) is 0 Å². The van der Waals surface area contributed by atoms with Crippen LogP contribution in [0.5, 0.6) is 0 Å². The maximum atomic E-state index is 10.6. The average Bonchev–Trinajstić information content (AvgIpc) is 2.15. The lowest BCUT2D eigenvalue weighted by Gasteiger charge is -2.30. The van der Waals surface area contributed by atoms with Crippen LogP contribution in [0, 0.1) is 0 Å². The molecule has 0 spiro atoms. The number of rotatable bonds is 3. The number of nitrogens with two attached hydrogens (primary N) is 1. The number of hydrogen-bond donors (Lipinski definition) is 2. The van der Waals surface area contributed by atoms with Gasteiger partial charge in [-0.15, -0.1) is 0 Å². The van der Waals surface area contributed by atoms with Gasteiger partial charge in [-0.05, 0) is 12.8 Å². The van der Waals surface area contributed by atoms with Gasteiger partial charge in [-0.1, -0.05) is 0 Å². The Bertz CT molecular complexity index is 175. The third-order valence-corrected chi connectivity index (χ3v) is 2.12. The van der Waals surface area contributed by atoms with E-state index < -0.39 is 6.09 Å². The minimum Gasteiger partial charge on any atom is -0.465 e. The monoisotopic (exact) mass is 188 g/mol. The van der Waals surface area contributed by atoms with Gasteiger partial charge in [0.25, 0.3) is 0 Å². The van der Waals surface area contributed by atoms with Crippen molar-refractivity contribution < 1.29 is 14.6 Å². The Morgan fingerprint density at radius 3 is 3.08 bits per heavy atom.